The van der Waals surface area contributed by atoms with Crippen LogP contribution in [-0.2, 0) is 0 Å². The van der Waals surface area contributed by atoms with Crippen molar-refractivity contribution in [3.8, 4) is 5.75 Å². The molecule has 30 heavy (non-hydrogen) atoms. The van der Waals surface area contributed by atoms with E-state index in [1.807, 2.05) is 60.7 Å². The summed E-state index contributed by atoms with van der Waals surface area (Å²) in [5.41, 5.74) is 14.6. The lowest BCUT2D eigenvalue weighted by molar-refractivity contribution is 0.223. The first-order valence-corrected chi connectivity index (χ1v) is 10.5. The monoisotopic (exact) mass is 405 g/mol. The second kappa shape index (κ2) is 10.8. The van der Waals surface area contributed by atoms with Crippen molar-refractivity contribution in [1.29, 1.82) is 0 Å². The van der Waals surface area contributed by atoms with Gasteiger partial charge in [0, 0.05) is 24.5 Å². The highest BCUT2D eigenvalue weighted by molar-refractivity contribution is 5.96. The van der Waals surface area contributed by atoms with E-state index >= 15 is 0 Å². The van der Waals surface area contributed by atoms with Crippen LogP contribution >= 0.6 is 0 Å². The van der Waals surface area contributed by atoms with Gasteiger partial charge < -0.3 is 21.1 Å². The van der Waals surface area contributed by atoms with Crippen LogP contribution in [0.4, 0.5) is 11.4 Å². The van der Waals surface area contributed by atoms with E-state index in [0.717, 1.165) is 53.1 Å². The number of ether oxygens (including phenoxy) is 1. The zero-order valence-corrected chi connectivity index (χ0v) is 17.8. The highest BCUT2D eigenvalue weighted by Gasteiger charge is 2.12. The molecule has 3 aromatic carbocycles. The fourth-order valence-corrected chi connectivity index (χ4v) is 3.40. The Hall–Kier alpha value is -2.80. The fraction of sp³-hybridized carbons (Fsp3) is 0.333. The summed E-state index contributed by atoms with van der Waals surface area (Å²) in [6.07, 6.45) is 0. The molecule has 3 aromatic rings. The Labute approximate surface area is 178 Å². The predicted octanol–water partition coefficient (Wildman–Crippen LogP) is 4.93. The number of nitrogens with zero attached hydrogens (tertiary/aromatic N) is 3. The maximum atomic E-state index is 6.24. The third kappa shape index (κ3) is 5.42. The molecule has 6 nitrogen and oxygen atoms in total. The maximum Gasteiger partial charge on any atom is 0.120 e. The van der Waals surface area contributed by atoms with E-state index < -0.39 is 0 Å². The highest BCUT2D eigenvalue weighted by Crippen LogP contribution is 2.34. The molecule has 1 unspecified atom stereocenters. The average Bonchev–Trinajstić information content (AvgIpc) is 2.80. The van der Waals surface area contributed by atoms with Crippen LogP contribution in [0.1, 0.15) is 25.5 Å². The SMILES string of the molecule is CCN(CC)CCOc1ccc2c(C(N)CN)ccc(N=Nc3ccccc3)c2c1. The number of likely N-dealkylation sites (N-methyl/N-ethyl adjacent to an activating group) is 1. The normalized spacial score (nSPS) is 12.7. The molecule has 0 saturated heterocycles. The van der Waals surface area contributed by atoms with Crippen LogP contribution in [0.3, 0.4) is 0 Å². The van der Waals surface area contributed by atoms with E-state index in [9.17, 15) is 0 Å². The van der Waals surface area contributed by atoms with Crippen LogP contribution in [0.2, 0.25) is 0 Å². The van der Waals surface area contributed by atoms with Crippen molar-refractivity contribution >= 4 is 22.1 Å². The molecule has 0 bridgehead atoms. The summed E-state index contributed by atoms with van der Waals surface area (Å²) in [6.45, 7) is 8.25. The summed E-state index contributed by atoms with van der Waals surface area (Å²) >= 11 is 0. The first-order valence-electron chi connectivity index (χ1n) is 10.5. The molecule has 0 saturated carbocycles. The summed E-state index contributed by atoms with van der Waals surface area (Å²) in [7, 11) is 0. The van der Waals surface area contributed by atoms with Crippen molar-refractivity contribution < 1.29 is 4.74 Å². The molecular weight excluding hydrogens is 374 g/mol. The standard InChI is InChI=1S/C24H31N5O/c1-3-29(4-2)14-15-30-19-10-11-20-21(23(26)17-25)12-13-24(22(20)16-19)28-27-18-8-6-5-7-9-18/h5-13,16,23H,3-4,14-15,17,25-26H2,1-2H3. The Morgan fingerprint density at radius 3 is 2.40 bits per heavy atom. The van der Waals surface area contributed by atoms with Crippen molar-refractivity contribution in [3.63, 3.8) is 0 Å². The fourth-order valence-electron chi connectivity index (χ4n) is 3.40. The van der Waals surface area contributed by atoms with E-state index in [-0.39, 0.29) is 6.04 Å². The van der Waals surface area contributed by atoms with Crippen LogP contribution in [0.25, 0.3) is 10.8 Å². The molecule has 0 aliphatic heterocycles. The topological polar surface area (TPSA) is 89.2 Å². The quantitative estimate of drug-likeness (QED) is 0.468. The van der Waals surface area contributed by atoms with E-state index in [4.69, 9.17) is 16.2 Å². The molecular formula is C24H31N5O. The van der Waals surface area contributed by atoms with Crippen molar-refractivity contribution in [1.82, 2.24) is 4.90 Å². The molecule has 4 N–H and O–H groups in total. The number of hydrogen-bond donors (Lipinski definition) is 2. The van der Waals surface area contributed by atoms with Gasteiger partial charge in [-0.15, -0.1) is 5.11 Å². The summed E-state index contributed by atoms with van der Waals surface area (Å²) in [4.78, 5) is 2.33. The van der Waals surface area contributed by atoms with Gasteiger partial charge in [0.05, 0.1) is 11.4 Å². The van der Waals surface area contributed by atoms with Gasteiger partial charge in [0.1, 0.15) is 12.4 Å². The van der Waals surface area contributed by atoms with Gasteiger partial charge in [0.15, 0.2) is 0 Å². The Morgan fingerprint density at radius 1 is 0.933 bits per heavy atom. The number of fused-ring (bicyclic) bond motifs is 1. The first kappa shape index (κ1) is 21.9. The van der Waals surface area contributed by atoms with Crippen molar-refractivity contribution in [2.24, 2.45) is 21.7 Å². The van der Waals surface area contributed by atoms with Gasteiger partial charge >= 0.3 is 0 Å². The van der Waals surface area contributed by atoms with Crippen LogP contribution in [-0.4, -0.2) is 37.7 Å². The minimum atomic E-state index is -0.234. The van der Waals surface area contributed by atoms with Crippen LogP contribution < -0.4 is 16.2 Å². The van der Waals surface area contributed by atoms with Gasteiger partial charge in [0.25, 0.3) is 0 Å². The predicted molar refractivity (Wildman–Crippen MR) is 124 cm³/mol. The smallest absolute Gasteiger partial charge is 0.120 e. The van der Waals surface area contributed by atoms with Crippen LogP contribution in [0.5, 0.6) is 5.75 Å². The van der Waals surface area contributed by atoms with Gasteiger partial charge in [-0.3, -0.25) is 0 Å². The average molecular weight is 406 g/mol. The number of rotatable bonds is 10. The van der Waals surface area contributed by atoms with E-state index in [0.29, 0.717) is 13.2 Å². The second-order valence-corrected chi connectivity index (χ2v) is 7.13. The molecule has 0 aliphatic carbocycles. The molecule has 6 heteroatoms. The molecule has 0 fully saturated rings. The highest BCUT2D eigenvalue weighted by atomic mass is 16.5. The lowest BCUT2D eigenvalue weighted by Crippen LogP contribution is -2.27. The molecule has 158 valence electrons. The van der Waals surface area contributed by atoms with Crippen molar-refractivity contribution in [2.45, 2.75) is 19.9 Å². The molecule has 0 spiro atoms. The van der Waals surface area contributed by atoms with E-state index in [2.05, 4.69) is 29.0 Å². The molecule has 1 atom stereocenters. The zero-order chi connectivity index (χ0) is 21.3. The summed E-state index contributed by atoms with van der Waals surface area (Å²) < 4.78 is 6.02. The molecule has 3 rings (SSSR count). The minimum Gasteiger partial charge on any atom is -0.492 e. The number of nitrogens with two attached hydrogens (primary N) is 2. The van der Waals surface area contributed by atoms with Crippen LogP contribution in [0.15, 0.2) is 70.9 Å². The third-order valence-corrected chi connectivity index (χ3v) is 5.25. The molecule has 0 aromatic heterocycles. The van der Waals surface area contributed by atoms with Gasteiger partial charge in [0.2, 0.25) is 0 Å². The maximum absolute atomic E-state index is 6.24. The Kier molecular flexibility index (Phi) is 7.90. The second-order valence-electron chi connectivity index (χ2n) is 7.13. The number of hydrogen-bond acceptors (Lipinski definition) is 6. The lowest BCUT2D eigenvalue weighted by Gasteiger charge is -2.18. The van der Waals surface area contributed by atoms with Gasteiger partial charge in [-0.2, -0.15) is 5.11 Å². The molecule has 0 aliphatic rings. The molecule has 0 heterocycles. The van der Waals surface area contributed by atoms with E-state index in [1.165, 1.54) is 0 Å². The Bertz CT molecular complexity index is 970. The lowest BCUT2D eigenvalue weighted by atomic mass is 9.98. The molecule has 0 radical (unpaired) electrons. The number of benzene rings is 3. The summed E-state index contributed by atoms with van der Waals surface area (Å²) in [5, 5.41) is 10.9. The van der Waals surface area contributed by atoms with Crippen molar-refractivity contribution in [3.05, 3.63) is 66.2 Å². The van der Waals surface area contributed by atoms with Crippen LogP contribution in [0, 0.1) is 0 Å². The number of azo groups is 1. The van der Waals surface area contributed by atoms with E-state index in [1.54, 1.807) is 0 Å². The largest absolute Gasteiger partial charge is 0.492 e. The minimum absolute atomic E-state index is 0.234. The summed E-state index contributed by atoms with van der Waals surface area (Å²) in [6, 6.07) is 19.4. The Morgan fingerprint density at radius 2 is 1.70 bits per heavy atom. The molecule has 0 amide bonds. The van der Waals surface area contributed by atoms with Crippen molar-refractivity contribution in [2.75, 3.05) is 32.8 Å². The first-order chi connectivity index (χ1) is 14.7. The summed E-state index contributed by atoms with van der Waals surface area (Å²) in [5.74, 6) is 0.810. The van der Waals surface area contributed by atoms with Gasteiger partial charge in [-0.05, 0) is 54.4 Å². The zero-order valence-electron chi connectivity index (χ0n) is 17.8. The van der Waals surface area contributed by atoms with Gasteiger partial charge in [-0.1, -0.05) is 44.2 Å². The Balaban J connectivity index is 1.93. The third-order valence-electron chi connectivity index (χ3n) is 5.25. The van der Waals surface area contributed by atoms with Gasteiger partial charge in [-0.25, -0.2) is 0 Å².